The van der Waals surface area contributed by atoms with Crippen molar-refractivity contribution in [3.63, 3.8) is 0 Å². The molecular weight excluding hydrogens is 226 g/mol. The molecule has 2 rings (SSSR count). The highest BCUT2D eigenvalue weighted by Crippen LogP contribution is 2.25. The van der Waals surface area contributed by atoms with Crippen molar-refractivity contribution in [1.82, 2.24) is 15.0 Å². The molecule has 2 aromatic rings. The number of aryl methyl sites for hydroxylation is 1. The Labute approximate surface area is 97.0 Å². The maximum atomic E-state index is 11.7. The van der Waals surface area contributed by atoms with Gasteiger partial charge in [0.1, 0.15) is 5.65 Å². The van der Waals surface area contributed by atoms with E-state index in [9.17, 15) is 4.79 Å². The standard InChI is InChI=1S/C10H13N3O2S/c1-6-12-10-9(16-6)7(5-11-10)4-8(14)13(2)15-3/h5,11H,4H2,1-3H3. The molecule has 0 atom stereocenters. The van der Waals surface area contributed by atoms with Crippen LogP contribution in [-0.2, 0) is 16.1 Å². The molecule has 0 bridgehead atoms. The van der Waals surface area contributed by atoms with E-state index in [4.69, 9.17) is 4.84 Å². The minimum Gasteiger partial charge on any atom is -0.345 e. The molecule has 2 aromatic heterocycles. The number of thiazole rings is 1. The third-order valence-electron chi connectivity index (χ3n) is 2.38. The van der Waals surface area contributed by atoms with Gasteiger partial charge >= 0.3 is 0 Å². The van der Waals surface area contributed by atoms with Gasteiger partial charge in [-0.05, 0) is 12.5 Å². The summed E-state index contributed by atoms with van der Waals surface area (Å²) in [5.41, 5.74) is 1.82. The number of nitrogens with zero attached hydrogens (tertiary/aromatic N) is 2. The van der Waals surface area contributed by atoms with Crippen molar-refractivity contribution in [3.8, 4) is 0 Å². The summed E-state index contributed by atoms with van der Waals surface area (Å²) < 4.78 is 1.05. The van der Waals surface area contributed by atoms with Gasteiger partial charge in [-0.15, -0.1) is 11.3 Å². The van der Waals surface area contributed by atoms with Crippen molar-refractivity contribution in [2.24, 2.45) is 0 Å². The fourth-order valence-electron chi connectivity index (χ4n) is 1.47. The quantitative estimate of drug-likeness (QED) is 0.826. The molecule has 6 heteroatoms. The second-order valence-electron chi connectivity index (χ2n) is 3.48. The first kappa shape index (κ1) is 11.1. The van der Waals surface area contributed by atoms with E-state index in [0.717, 1.165) is 20.9 Å². The van der Waals surface area contributed by atoms with Gasteiger partial charge in [-0.25, -0.2) is 10.0 Å². The van der Waals surface area contributed by atoms with Gasteiger partial charge in [0.2, 0.25) is 5.91 Å². The van der Waals surface area contributed by atoms with Crippen molar-refractivity contribution in [2.45, 2.75) is 13.3 Å². The van der Waals surface area contributed by atoms with Crippen LogP contribution in [0, 0.1) is 6.92 Å². The molecule has 1 N–H and O–H groups in total. The van der Waals surface area contributed by atoms with E-state index in [1.54, 1.807) is 18.4 Å². The second-order valence-corrected chi connectivity index (χ2v) is 4.68. The molecule has 0 fully saturated rings. The molecule has 86 valence electrons. The maximum absolute atomic E-state index is 11.7. The van der Waals surface area contributed by atoms with Crippen LogP contribution in [0.25, 0.3) is 10.3 Å². The summed E-state index contributed by atoms with van der Waals surface area (Å²) in [5.74, 6) is -0.0746. The van der Waals surface area contributed by atoms with E-state index in [1.165, 1.54) is 12.2 Å². The third-order valence-corrected chi connectivity index (χ3v) is 3.42. The van der Waals surface area contributed by atoms with Crippen LogP contribution in [0.3, 0.4) is 0 Å². The Morgan fingerprint density at radius 1 is 1.69 bits per heavy atom. The molecule has 16 heavy (non-hydrogen) atoms. The van der Waals surface area contributed by atoms with Crippen LogP contribution in [0.1, 0.15) is 10.6 Å². The van der Waals surface area contributed by atoms with Crippen LogP contribution in [-0.4, -0.2) is 35.1 Å². The van der Waals surface area contributed by atoms with Crippen LogP contribution in [0.2, 0.25) is 0 Å². The molecule has 0 spiro atoms. The van der Waals surface area contributed by atoms with Crippen molar-refractivity contribution in [2.75, 3.05) is 14.2 Å². The SMILES string of the molecule is CON(C)C(=O)Cc1c[nH]c2nc(C)sc12. The number of aromatic nitrogens is 2. The third kappa shape index (κ3) is 1.94. The first-order valence-corrected chi connectivity index (χ1v) is 5.67. The topological polar surface area (TPSA) is 58.2 Å². The van der Waals surface area contributed by atoms with Crippen molar-refractivity contribution < 1.29 is 9.63 Å². The number of rotatable bonds is 3. The summed E-state index contributed by atoms with van der Waals surface area (Å²) in [4.78, 5) is 23.9. The smallest absolute Gasteiger partial charge is 0.250 e. The number of amides is 1. The highest BCUT2D eigenvalue weighted by atomic mass is 32.1. The molecule has 0 aliphatic carbocycles. The number of carbonyl (C=O) groups excluding carboxylic acids is 1. The monoisotopic (exact) mass is 239 g/mol. The minimum absolute atomic E-state index is 0.0746. The molecule has 0 aliphatic heterocycles. The molecule has 0 aliphatic rings. The summed E-state index contributed by atoms with van der Waals surface area (Å²) in [6.07, 6.45) is 2.15. The van der Waals surface area contributed by atoms with Crippen molar-refractivity contribution in [1.29, 1.82) is 0 Å². The molecule has 0 aromatic carbocycles. The van der Waals surface area contributed by atoms with Crippen molar-refractivity contribution in [3.05, 3.63) is 16.8 Å². The fraction of sp³-hybridized carbons (Fsp3) is 0.400. The number of hydrogen-bond acceptors (Lipinski definition) is 4. The lowest BCUT2D eigenvalue weighted by Crippen LogP contribution is -2.26. The summed E-state index contributed by atoms with van der Waals surface area (Å²) in [6, 6.07) is 0. The molecule has 0 unspecified atom stereocenters. The van der Waals surface area contributed by atoms with E-state index in [0.29, 0.717) is 6.42 Å². The van der Waals surface area contributed by atoms with E-state index in [1.807, 2.05) is 13.1 Å². The second kappa shape index (κ2) is 4.23. The van der Waals surface area contributed by atoms with Gasteiger partial charge in [0.25, 0.3) is 0 Å². The zero-order chi connectivity index (χ0) is 11.7. The first-order valence-electron chi connectivity index (χ1n) is 4.86. The fourth-order valence-corrected chi connectivity index (χ4v) is 2.37. The Morgan fingerprint density at radius 2 is 2.44 bits per heavy atom. The first-order chi connectivity index (χ1) is 7.61. The molecule has 0 saturated heterocycles. The highest BCUT2D eigenvalue weighted by Gasteiger charge is 2.14. The molecule has 0 radical (unpaired) electrons. The van der Waals surface area contributed by atoms with Gasteiger partial charge in [-0.1, -0.05) is 0 Å². The Morgan fingerprint density at radius 3 is 3.12 bits per heavy atom. The number of H-pyrrole nitrogens is 1. The van der Waals surface area contributed by atoms with E-state index in [-0.39, 0.29) is 5.91 Å². The highest BCUT2D eigenvalue weighted by molar-refractivity contribution is 7.18. The van der Waals surface area contributed by atoms with Gasteiger partial charge in [0.15, 0.2) is 0 Å². The van der Waals surface area contributed by atoms with E-state index < -0.39 is 0 Å². The van der Waals surface area contributed by atoms with E-state index in [2.05, 4.69) is 9.97 Å². The molecule has 0 saturated carbocycles. The molecular formula is C10H13N3O2S. The Bertz CT molecular complexity index is 517. The normalized spacial score (nSPS) is 10.9. The van der Waals surface area contributed by atoms with Gasteiger partial charge in [-0.3, -0.25) is 9.63 Å². The summed E-state index contributed by atoms with van der Waals surface area (Å²) in [7, 11) is 3.07. The molecule has 1 amide bonds. The average molecular weight is 239 g/mol. The maximum Gasteiger partial charge on any atom is 0.250 e. The average Bonchev–Trinajstić information content (AvgIpc) is 2.78. The number of nitrogens with one attached hydrogen (secondary N) is 1. The Kier molecular flexibility index (Phi) is 2.93. The largest absolute Gasteiger partial charge is 0.345 e. The van der Waals surface area contributed by atoms with Crippen LogP contribution in [0.4, 0.5) is 0 Å². The number of likely N-dealkylation sites (N-methyl/N-ethyl adjacent to an activating group) is 1. The van der Waals surface area contributed by atoms with Crippen LogP contribution >= 0.6 is 11.3 Å². The Balaban J connectivity index is 2.24. The summed E-state index contributed by atoms with van der Waals surface area (Å²) in [6.45, 7) is 1.95. The van der Waals surface area contributed by atoms with Gasteiger partial charge in [0.05, 0.1) is 23.2 Å². The van der Waals surface area contributed by atoms with Crippen LogP contribution in [0.5, 0.6) is 0 Å². The number of hydroxylamine groups is 2. The lowest BCUT2D eigenvalue weighted by Gasteiger charge is -2.12. The van der Waals surface area contributed by atoms with Crippen LogP contribution < -0.4 is 0 Å². The number of hydrogen-bond donors (Lipinski definition) is 1. The van der Waals surface area contributed by atoms with Gasteiger partial charge in [-0.2, -0.15) is 0 Å². The van der Waals surface area contributed by atoms with Gasteiger partial charge in [0, 0.05) is 13.2 Å². The van der Waals surface area contributed by atoms with Gasteiger partial charge < -0.3 is 4.98 Å². The summed E-state index contributed by atoms with van der Waals surface area (Å²) in [5, 5.41) is 2.22. The van der Waals surface area contributed by atoms with Crippen molar-refractivity contribution >= 4 is 27.6 Å². The molecule has 2 heterocycles. The summed E-state index contributed by atoms with van der Waals surface area (Å²) >= 11 is 1.59. The van der Waals surface area contributed by atoms with E-state index >= 15 is 0 Å². The number of fused-ring (bicyclic) bond motifs is 1. The minimum atomic E-state index is -0.0746. The number of carbonyl (C=O) groups is 1. The lowest BCUT2D eigenvalue weighted by molar-refractivity contribution is -0.167. The predicted molar refractivity (Wildman–Crippen MR) is 62.2 cm³/mol. The lowest BCUT2D eigenvalue weighted by atomic mass is 10.2. The number of aromatic amines is 1. The van der Waals surface area contributed by atoms with Crippen LogP contribution in [0.15, 0.2) is 6.20 Å². The molecule has 5 nitrogen and oxygen atoms in total. The Hall–Kier alpha value is -1.40. The zero-order valence-electron chi connectivity index (χ0n) is 9.40. The predicted octanol–water partition coefficient (Wildman–Crippen LogP) is 1.50. The zero-order valence-corrected chi connectivity index (χ0v) is 10.2.